The van der Waals surface area contributed by atoms with Gasteiger partial charge in [-0.25, -0.2) is 0 Å². The molecule has 0 aliphatic carbocycles. The number of hydrogen-bond acceptors (Lipinski definition) is 2. The molecule has 0 atom stereocenters. The Morgan fingerprint density at radius 2 is 0.885 bits per heavy atom. The van der Waals surface area contributed by atoms with Gasteiger partial charge in [-0.15, -0.1) is 0 Å². The van der Waals surface area contributed by atoms with E-state index in [1.807, 2.05) is 0 Å². The molecule has 0 spiro atoms. The SMILES string of the molecule is c1ccc(-c2cc3ccccc3c3c2oc2c(Nc4ccc(-c5ccc(-c6ccc(-c7ccc8c(c7)c7ccccc7n8-c7ccccc7)cc6)cc5)cc4)cccc23)cc1. The molecule has 0 fully saturated rings. The molecular formula is C58H38N2O. The lowest BCUT2D eigenvalue weighted by atomic mass is 9.96. The Balaban J connectivity index is 0.798. The van der Waals surface area contributed by atoms with Crippen molar-refractivity contribution < 1.29 is 4.42 Å². The number of fused-ring (bicyclic) bond motifs is 8. The Kier molecular flexibility index (Phi) is 8.17. The van der Waals surface area contributed by atoms with Crippen LogP contribution in [0.3, 0.4) is 0 Å². The van der Waals surface area contributed by atoms with Crippen LogP contribution < -0.4 is 5.32 Å². The average Bonchev–Trinajstić information content (AvgIpc) is 3.89. The first-order chi connectivity index (χ1) is 30.2. The molecule has 0 bridgehead atoms. The summed E-state index contributed by atoms with van der Waals surface area (Å²) in [6.45, 7) is 0. The highest BCUT2D eigenvalue weighted by atomic mass is 16.3. The number of rotatable bonds is 7. The van der Waals surface area contributed by atoms with Crippen molar-refractivity contribution in [3.8, 4) is 50.2 Å². The van der Waals surface area contributed by atoms with Crippen LogP contribution in [-0.2, 0) is 0 Å². The van der Waals surface area contributed by atoms with Gasteiger partial charge in [0.25, 0.3) is 0 Å². The van der Waals surface area contributed by atoms with Crippen molar-refractivity contribution >= 4 is 65.9 Å². The van der Waals surface area contributed by atoms with E-state index in [0.717, 1.165) is 50.0 Å². The maximum Gasteiger partial charge on any atom is 0.158 e. The molecule has 3 nitrogen and oxygen atoms in total. The molecule has 3 heteroatoms. The standard InChI is InChI=1S/C58H38N2O/c1-3-12-43(13-4-1)51-37-45-14-7-8-17-48(45)56-50-19-11-20-53(57(50)61-58(51)56)59-46-33-30-41(31-34-46)40-24-22-38(23-25-40)39-26-28-42(29-27-39)44-32-35-55-52(36-44)49-18-9-10-21-54(49)60(55)47-15-5-2-6-16-47/h1-37,59H. The summed E-state index contributed by atoms with van der Waals surface area (Å²) in [5, 5.41) is 10.8. The molecular weight excluding hydrogens is 741 g/mol. The van der Waals surface area contributed by atoms with Gasteiger partial charge in [0.05, 0.1) is 16.7 Å². The molecule has 0 aliphatic heterocycles. The highest BCUT2D eigenvalue weighted by molar-refractivity contribution is 6.24. The van der Waals surface area contributed by atoms with Gasteiger partial charge in [-0.1, -0.05) is 170 Å². The summed E-state index contributed by atoms with van der Waals surface area (Å²) in [5.74, 6) is 0. The van der Waals surface area contributed by atoms with Crippen molar-refractivity contribution in [2.75, 3.05) is 5.32 Å². The van der Waals surface area contributed by atoms with Gasteiger partial charge in [0, 0.05) is 38.5 Å². The lowest BCUT2D eigenvalue weighted by Crippen LogP contribution is -1.92. The molecule has 10 aromatic carbocycles. The van der Waals surface area contributed by atoms with Gasteiger partial charge >= 0.3 is 0 Å². The predicted molar refractivity (Wildman–Crippen MR) is 257 cm³/mol. The second-order valence-electron chi connectivity index (χ2n) is 15.8. The number of para-hydroxylation sites is 3. The van der Waals surface area contributed by atoms with Crippen LogP contribution in [0.4, 0.5) is 11.4 Å². The fraction of sp³-hybridized carbons (Fsp3) is 0. The van der Waals surface area contributed by atoms with Crippen molar-refractivity contribution in [2.45, 2.75) is 0 Å². The van der Waals surface area contributed by atoms with Gasteiger partial charge < -0.3 is 14.3 Å². The molecule has 0 unspecified atom stereocenters. The molecule has 2 aromatic heterocycles. The van der Waals surface area contributed by atoms with Crippen molar-refractivity contribution in [2.24, 2.45) is 0 Å². The first kappa shape index (κ1) is 34.9. The quantitative estimate of drug-likeness (QED) is 0.175. The van der Waals surface area contributed by atoms with Gasteiger partial charge in [-0.3, -0.25) is 0 Å². The van der Waals surface area contributed by atoms with E-state index in [9.17, 15) is 0 Å². The molecule has 2 heterocycles. The third kappa shape index (κ3) is 5.98. The topological polar surface area (TPSA) is 30.1 Å². The van der Waals surface area contributed by atoms with Gasteiger partial charge in [0.1, 0.15) is 5.58 Å². The first-order valence-electron chi connectivity index (χ1n) is 20.8. The van der Waals surface area contributed by atoms with E-state index in [1.54, 1.807) is 0 Å². The van der Waals surface area contributed by atoms with E-state index in [-0.39, 0.29) is 0 Å². The molecule has 61 heavy (non-hydrogen) atoms. The largest absolute Gasteiger partial charge is 0.453 e. The summed E-state index contributed by atoms with van der Waals surface area (Å²) in [4.78, 5) is 0. The van der Waals surface area contributed by atoms with Crippen molar-refractivity contribution in [3.63, 3.8) is 0 Å². The second-order valence-corrected chi connectivity index (χ2v) is 15.8. The van der Waals surface area contributed by atoms with Crippen LogP contribution in [0.5, 0.6) is 0 Å². The third-order valence-electron chi connectivity index (χ3n) is 12.2. The minimum absolute atomic E-state index is 0.854. The van der Waals surface area contributed by atoms with Gasteiger partial charge in [0.15, 0.2) is 5.58 Å². The number of benzene rings is 10. The fourth-order valence-electron chi connectivity index (χ4n) is 9.20. The molecule has 0 saturated carbocycles. The Morgan fingerprint density at radius 1 is 0.344 bits per heavy atom. The van der Waals surface area contributed by atoms with E-state index in [2.05, 4.69) is 234 Å². The number of anilines is 2. The highest BCUT2D eigenvalue weighted by Crippen LogP contribution is 2.43. The Hall–Kier alpha value is -8.14. The molecule has 12 rings (SSSR count). The smallest absolute Gasteiger partial charge is 0.158 e. The number of furan rings is 1. The van der Waals surface area contributed by atoms with Gasteiger partial charge in [-0.05, 0) is 104 Å². The number of hydrogen-bond donors (Lipinski definition) is 1. The molecule has 286 valence electrons. The highest BCUT2D eigenvalue weighted by Gasteiger charge is 2.19. The van der Waals surface area contributed by atoms with E-state index >= 15 is 0 Å². The zero-order valence-electron chi connectivity index (χ0n) is 33.2. The Bertz CT molecular complexity index is 3560. The molecule has 1 N–H and O–H groups in total. The zero-order chi connectivity index (χ0) is 40.3. The third-order valence-corrected chi connectivity index (χ3v) is 12.2. The lowest BCUT2D eigenvalue weighted by Gasteiger charge is -2.10. The van der Waals surface area contributed by atoms with Crippen LogP contribution in [0, 0.1) is 0 Å². The minimum atomic E-state index is 0.854. The summed E-state index contributed by atoms with van der Waals surface area (Å²) in [6.07, 6.45) is 0. The van der Waals surface area contributed by atoms with Gasteiger partial charge in [0.2, 0.25) is 0 Å². The van der Waals surface area contributed by atoms with Crippen molar-refractivity contribution in [3.05, 3.63) is 224 Å². The van der Waals surface area contributed by atoms with Gasteiger partial charge in [-0.2, -0.15) is 0 Å². The normalized spacial score (nSPS) is 11.6. The predicted octanol–water partition coefficient (Wildman–Crippen LogP) is 16.2. The van der Waals surface area contributed by atoms with E-state index in [4.69, 9.17) is 4.42 Å². The second kappa shape index (κ2) is 14.3. The molecule has 12 aromatic rings. The molecule has 0 saturated heterocycles. The van der Waals surface area contributed by atoms with E-state index < -0.39 is 0 Å². The monoisotopic (exact) mass is 778 g/mol. The van der Waals surface area contributed by atoms with Crippen LogP contribution in [0.2, 0.25) is 0 Å². The first-order valence-corrected chi connectivity index (χ1v) is 20.8. The Morgan fingerprint density at radius 3 is 1.59 bits per heavy atom. The summed E-state index contributed by atoms with van der Waals surface area (Å²) < 4.78 is 9.16. The van der Waals surface area contributed by atoms with Crippen molar-refractivity contribution in [1.29, 1.82) is 0 Å². The number of aromatic nitrogens is 1. The number of nitrogens with one attached hydrogen (secondary N) is 1. The van der Waals surface area contributed by atoms with Crippen LogP contribution >= 0.6 is 0 Å². The van der Waals surface area contributed by atoms with Crippen LogP contribution in [0.15, 0.2) is 229 Å². The van der Waals surface area contributed by atoms with E-state index in [0.29, 0.717) is 0 Å². The summed E-state index contributed by atoms with van der Waals surface area (Å²) in [7, 11) is 0. The van der Waals surface area contributed by atoms with E-state index in [1.165, 1.54) is 66.1 Å². The van der Waals surface area contributed by atoms with Crippen LogP contribution in [0.1, 0.15) is 0 Å². The molecule has 0 amide bonds. The average molecular weight is 779 g/mol. The molecule has 0 aliphatic rings. The summed E-state index contributed by atoms with van der Waals surface area (Å²) in [5.41, 5.74) is 16.7. The zero-order valence-corrected chi connectivity index (χ0v) is 33.2. The maximum absolute atomic E-state index is 6.80. The number of nitrogens with zero attached hydrogens (tertiary/aromatic N) is 1. The maximum atomic E-state index is 6.80. The minimum Gasteiger partial charge on any atom is -0.453 e. The van der Waals surface area contributed by atoms with Crippen LogP contribution in [0.25, 0.3) is 105 Å². The summed E-state index contributed by atoms with van der Waals surface area (Å²) in [6, 6.07) is 80.3. The lowest BCUT2D eigenvalue weighted by molar-refractivity contribution is 0.671. The fourth-order valence-corrected chi connectivity index (χ4v) is 9.20. The Labute approximate surface area is 353 Å². The summed E-state index contributed by atoms with van der Waals surface area (Å²) >= 11 is 0. The van der Waals surface area contributed by atoms with Crippen LogP contribution in [-0.4, -0.2) is 4.57 Å². The van der Waals surface area contributed by atoms with Crippen molar-refractivity contribution in [1.82, 2.24) is 4.57 Å². The molecule has 0 radical (unpaired) electrons.